The number of carbonyl (C=O) groups excluding carboxylic acids is 1. The average molecular weight is 257 g/mol. The molecule has 104 valence electrons. The molecule has 0 aromatic rings. The van der Waals surface area contributed by atoms with Gasteiger partial charge < -0.3 is 14.7 Å². The van der Waals surface area contributed by atoms with Gasteiger partial charge in [0.1, 0.15) is 0 Å². The molecule has 1 aliphatic heterocycles. The van der Waals surface area contributed by atoms with Gasteiger partial charge in [0.2, 0.25) is 5.91 Å². The van der Waals surface area contributed by atoms with Crippen LogP contribution in [0.15, 0.2) is 0 Å². The summed E-state index contributed by atoms with van der Waals surface area (Å²) in [6.45, 7) is 7.37. The maximum absolute atomic E-state index is 12.4. The van der Waals surface area contributed by atoms with E-state index in [-0.39, 0.29) is 36.8 Å². The summed E-state index contributed by atoms with van der Waals surface area (Å²) in [6.07, 6.45) is 0.734. The van der Waals surface area contributed by atoms with Crippen molar-refractivity contribution in [2.24, 2.45) is 11.8 Å². The maximum Gasteiger partial charge on any atom is 0.305 e. The molecule has 0 saturated carbocycles. The molecule has 1 amide bonds. The van der Waals surface area contributed by atoms with Crippen LogP contribution in [0.1, 0.15) is 33.6 Å². The number of carboxylic acid groups (broad SMARTS) is 1. The second-order valence-electron chi connectivity index (χ2n) is 5.22. The van der Waals surface area contributed by atoms with E-state index >= 15 is 0 Å². The first-order chi connectivity index (χ1) is 8.43. The normalized spacial score (nSPS) is 24.0. The van der Waals surface area contributed by atoms with Crippen LogP contribution >= 0.6 is 0 Å². The zero-order chi connectivity index (χ0) is 13.7. The average Bonchev–Trinajstić information content (AvgIpc) is 2.28. The van der Waals surface area contributed by atoms with Gasteiger partial charge in [0.15, 0.2) is 0 Å². The van der Waals surface area contributed by atoms with Crippen LogP contribution in [0.5, 0.6) is 0 Å². The highest BCUT2D eigenvalue weighted by Gasteiger charge is 2.32. The summed E-state index contributed by atoms with van der Waals surface area (Å²) in [6, 6.07) is 0.0342. The fourth-order valence-electron chi connectivity index (χ4n) is 2.30. The number of amides is 1. The predicted molar refractivity (Wildman–Crippen MR) is 67.2 cm³/mol. The third-order valence-corrected chi connectivity index (χ3v) is 3.43. The van der Waals surface area contributed by atoms with Gasteiger partial charge in [-0.3, -0.25) is 9.59 Å². The fraction of sp³-hybridized carbons (Fsp3) is 0.846. The largest absolute Gasteiger partial charge is 0.481 e. The standard InChI is InChI=1S/C13H23NO4/c1-9(2)14(6-4-12(15)16)13(17)11-5-7-18-8-10(11)3/h9-11H,4-8H2,1-3H3,(H,15,16). The molecule has 1 saturated heterocycles. The Hall–Kier alpha value is -1.10. The van der Waals surface area contributed by atoms with Crippen LogP contribution in [0, 0.1) is 11.8 Å². The van der Waals surface area contributed by atoms with Gasteiger partial charge in [0, 0.05) is 31.7 Å². The van der Waals surface area contributed by atoms with Crippen LogP contribution in [0.25, 0.3) is 0 Å². The minimum atomic E-state index is -0.867. The first kappa shape index (κ1) is 15.0. The highest BCUT2D eigenvalue weighted by molar-refractivity contribution is 5.80. The highest BCUT2D eigenvalue weighted by atomic mass is 16.5. The summed E-state index contributed by atoms with van der Waals surface area (Å²) in [7, 11) is 0. The molecule has 0 spiro atoms. The van der Waals surface area contributed by atoms with Crippen molar-refractivity contribution in [3.8, 4) is 0 Å². The summed E-state index contributed by atoms with van der Waals surface area (Å²) < 4.78 is 5.34. The minimum Gasteiger partial charge on any atom is -0.481 e. The third-order valence-electron chi connectivity index (χ3n) is 3.43. The quantitative estimate of drug-likeness (QED) is 0.807. The molecule has 0 aromatic carbocycles. The summed E-state index contributed by atoms with van der Waals surface area (Å²) in [5.41, 5.74) is 0. The van der Waals surface area contributed by atoms with E-state index in [0.29, 0.717) is 13.2 Å². The molecule has 18 heavy (non-hydrogen) atoms. The first-order valence-corrected chi connectivity index (χ1v) is 6.53. The molecule has 2 atom stereocenters. The summed E-state index contributed by atoms with van der Waals surface area (Å²) in [5, 5.41) is 8.73. The Morgan fingerprint density at radius 2 is 2.11 bits per heavy atom. The third kappa shape index (κ3) is 3.98. The van der Waals surface area contributed by atoms with Crippen LogP contribution in [0.3, 0.4) is 0 Å². The monoisotopic (exact) mass is 257 g/mol. The van der Waals surface area contributed by atoms with Gasteiger partial charge >= 0.3 is 5.97 Å². The van der Waals surface area contributed by atoms with Gasteiger partial charge in [-0.1, -0.05) is 6.92 Å². The highest BCUT2D eigenvalue weighted by Crippen LogP contribution is 2.24. The lowest BCUT2D eigenvalue weighted by Crippen LogP contribution is -2.45. The Kier molecular flexibility index (Phi) is 5.59. The van der Waals surface area contributed by atoms with Crippen molar-refractivity contribution in [1.82, 2.24) is 4.90 Å². The van der Waals surface area contributed by atoms with Crippen molar-refractivity contribution in [1.29, 1.82) is 0 Å². The van der Waals surface area contributed by atoms with Crippen LogP contribution in [-0.4, -0.2) is 47.7 Å². The maximum atomic E-state index is 12.4. The van der Waals surface area contributed by atoms with Crippen LogP contribution in [0.4, 0.5) is 0 Å². The lowest BCUT2D eigenvalue weighted by atomic mass is 9.88. The zero-order valence-electron chi connectivity index (χ0n) is 11.4. The molecular weight excluding hydrogens is 234 g/mol. The van der Waals surface area contributed by atoms with E-state index in [1.165, 1.54) is 0 Å². The predicted octanol–water partition coefficient (Wildman–Crippen LogP) is 1.37. The van der Waals surface area contributed by atoms with Crippen molar-refractivity contribution in [2.45, 2.75) is 39.7 Å². The molecule has 5 heteroatoms. The SMILES string of the molecule is CC1COCCC1C(=O)N(CCC(=O)O)C(C)C. The molecule has 1 N–H and O–H groups in total. The number of carboxylic acids is 1. The van der Waals surface area contributed by atoms with Gasteiger partial charge in [-0.25, -0.2) is 0 Å². The molecule has 0 radical (unpaired) electrons. The molecule has 1 aliphatic rings. The Balaban J connectivity index is 2.65. The zero-order valence-corrected chi connectivity index (χ0v) is 11.4. The summed E-state index contributed by atoms with van der Waals surface area (Å²) >= 11 is 0. The van der Waals surface area contributed by atoms with Gasteiger partial charge in [0.05, 0.1) is 6.42 Å². The number of ether oxygens (including phenoxy) is 1. The van der Waals surface area contributed by atoms with E-state index in [1.54, 1.807) is 4.90 Å². The van der Waals surface area contributed by atoms with E-state index in [9.17, 15) is 9.59 Å². The smallest absolute Gasteiger partial charge is 0.305 e. The molecule has 1 heterocycles. The minimum absolute atomic E-state index is 0.00151. The topological polar surface area (TPSA) is 66.8 Å². The molecular formula is C13H23NO4. The van der Waals surface area contributed by atoms with Crippen LogP contribution in [-0.2, 0) is 14.3 Å². The lowest BCUT2D eigenvalue weighted by molar-refractivity contribution is -0.144. The Morgan fingerprint density at radius 1 is 1.44 bits per heavy atom. The van der Waals surface area contributed by atoms with Crippen molar-refractivity contribution < 1.29 is 19.4 Å². The molecule has 5 nitrogen and oxygen atoms in total. The van der Waals surface area contributed by atoms with E-state index in [1.807, 2.05) is 20.8 Å². The van der Waals surface area contributed by atoms with E-state index in [0.717, 1.165) is 6.42 Å². The number of rotatable bonds is 5. The van der Waals surface area contributed by atoms with Gasteiger partial charge in [-0.05, 0) is 26.2 Å². The molecule has 0 aromatic heterocycles. The molecule has 1 fully saturated rings. The molecule has 2 unspecified atom stereocenters. The fourth-order valence-corrected chi connectivity index (χ4v) is 2.30. The molecule has 1 rings (SSSR count). The van der Waals surface area contributed by atoms with E-state index in [2.05, 4.69) is 0 Å². The van der Waals surface area contributed by atoms with Crippen molar-refractivity contribution in [3.63, 3.8) is 0 Å². The second kappa shape index (κ2) is 6.73. The Labute approximate surface area is 108 Å². The van der Waals surface area contributed by atoms with Crippen molar-refractivity contribution in [2.75, 3.05) is 19.8 Å². The number of hydrogen-bond donors (Lipinski definition) is 1. The summed E-state index contributed by atoms with van der Waals surface area (Å²) in [4.78, 5) is 24.8. The molecule has 0 aliphatic carbocycles. The van der Waals surface area contributed by atoms with Crippen molar-refractivity contribution in [3.05, 3.63) is 0 Å². The summed E-state index contributed by atoms with van der Waals surface area (Å²) in [5.74, 6) is -0.622. The molecule has 0 bridgehead atoms. The van der Waals surface area contributed by atoms with Gasteiger partial charge in [0.25, 0.3) is 0 Å². The van der Waals surface area contributed by atoms with E-state index in [4.69, 9.17) is 9.84 Å². The number of hydrogen-bond acceptors (Lipinski definition) is 3. The second-order valence-corrected chi connectivity index (χ2v) is 5.22. The van der Waals surface area contributed by atoms with Gasteiger partial charge in [-0.2, -0.15) is 0 Å². The Morgan fingerprint density at radius 3 is 2.61 bits per heavy atom. The first-order valence-electron chi connectivity index (χ1n) is 6.53. The van der Waals surface area contributed by atoms with Crippen LogP contribution < -0.4 is 0 Å². The van der Waals surface area contributed by atoms with Crippen molar-refractivity contribution >= 4 is 11.9 Å². The van der Waals surface area contributed by atoms with E-state index < -0.39 is 5.97 Å². The Bertz CT molecular complexity index is 303. The number of aliphatic carboxylic acids is 1. The number of nitrogens with zero attached hydrogens (tertiary/aromatic N) is 1. The lowest BCUT2D eigenvalue weighted by Gasteiger charge is -2.35. The van der Waals surface area contributed by atoms with Gasteiger partial charge in [-0.15, -0.1) is 0 Å². The van der Waals surface area contributed by atoms with Crippen LogP contribution in [0.2, 0.25) is 0 Å². The number of carbonyl (C=O) groups is 2.